The summed E-state index contributed by atoms with van der Waals surface area (Å²) in [4.78, 5) is 24.3. The fourth-order valence-corrected chi connectivity index (χ4v) is 2.60. The average molecular weight is 410 g/mol. The quantitative estimate of drug-likeness (QED) is 0.537. The second-order valence-corrected chi connectivity index (χ2v) is 6.34. The number of rotatable bonds is 5. The predicted octanol–water partition coefficient (Wildman–Crippen LogP) is 5.61. The Bertz CT molecular complexity index is 1060. The Morgan fingerprint density at radius 3 is 2.13 bits per heavy atom. The first-order valence-corrected chi connectivity index (χ1v) is 8.94. The first kappa shape index (κ1) is 20.9. The van der Waals surface area contributed by atoms with Crippen LogP contribution in [0.25, 0.3) is 6.08 Å². The molecule has 0 aliphatic carbocycles. The molecule has 0 fully saturated rings. The molecule has 0 bridgehead atoms. The Kier molecular flexibility index (Phi) is 6.32. The molecule has 2 amide bonds. The van der Waals surface area contributed by atoms with Crippen LogP contribution in [0, 0.1) is 0 Å². The molecule has 2 N–H and O–H groups in total. The number of carbonyl (C=O) groups is 2. The van der Waals surface area contributed by atoms with Crippen LogP contribution in [0.3, 0.4) is 0 Å². The van der Waals surface area contributed by atoms with Gasteiger partial charge in [0.15, 0.2) is 0 Å². The maximum absolute atomic E-state index is 12.8. The van der Waals surface area contributed by atoms with E-state index in [4.69, 9.17) is 0 Å². The van der Waals surface area contributed by atoms with E-state index in [0.29, 0.717) is 5.69 Å². The molecule has 7 heteroatoms. The number of benzene rings is 3. The monoisotopic (exact) mass is 410 g/mol. The molecule has 152 valence electrons. The van der Waals surface area contributed by atoms with E-state index in [1.807, 2.05) is 30.3 Å². The van der Waals surface area contributed by atoms with E-state index in [2.05, 4.69) is 10.6 Å². The van der Waals surface area contributed by atoms with Gasteiger partial charge in [0, 0.05) is 23.0 Å². The highest BCUT2D eigenvalue weighted by Gasteiger charge is 2.30. The molecular weight excluding hydrogens is 393 g/mol. The van der Waals surface area contributed by atoms with Crippen molar-refractivity contribution in [1.82, 2.24) is 0 Å². The predicted molar refractivity (Wildman–Crippen MR) is 110 cm³/mol. The SMILES string of the molecule is O=C(/C=C\c1ccccc1)Nc1ccc(C(=O)Nc2cccc(C(F)(F)F)c2)cc1. The van der Waals surface area contributed by atoms with E-state index in [-0.39, 0.29) is 17.2 Å². The average Bonchev–Trinajstić information content (AvgIpc) is 2.73. The Labute approximate surface area is 171 Å². The van der Waals surface area contributed by atoms with Crippen molar-refractivity contribution in [3.63, 3.8) is 0 Å². The van der Waals surface area contributed by atoms with Gasteiger partial charge in [-0.05, 0) is 54.1 Å². The molecular formula is C23H17F3N2O2. The van der Waals surface area contributed by atoms with E-state index in [0.717, 1.165) is 17.7 Å². The van der Waals surface area contributed by atoms with Gasteiger partial charge in [0.25, 0.3) is 5.91 Å². The van der Waals surface area contributed by atoms with Gasteiger partial charge in [0.2, 0.25) is 5.91 Å². The van der Waals surface area contributed by atoms with Crippen molar-refractivity contribution < 1.29 is 22.8 Å². The van der Waals surface area contributed by atoms with Crippen LogP contribution in [0.5, 0.6) is 0 Å². The van der Waals surface area contributed by atoms with Crippen LogP contribution in [0.1, 0.15) is 21.5 Å². The van der Waals surface area contributed by atoms with E-state index in [9.17, 15) is 22.8 Å². The molecule has 0 radical (unpaired) electrons. The van der Waals surface area contributed by atoms with Gasteiger partial charge in [-0.25, -0.2) is 0 Å². The fourth-order valence-electron chi connectivity index (χ4n) is 2.60. The molecule has 0 saturated heterocycles. The summed E-state index contributed by atoms with van der Waals surface area (Å²) in [5, 5.41) is 5.10. The minimum Gasteiger partial charge on any atom is -0.323 e. The highest BCUT2D eigenvalue weighted by molar-refractivity contribution is 6.05. The van der Waals surface area contributed by atoms with Crippen molar-refractivity contribution in [1.29, 1.82) is 0 Å². The lowest BCUT2D eigenvalue weighted by molar-refractivity contribution is -0.137. The van der Waals surface area contributed by atoms with Gasteiger partial charge < -0.3 is 10.6 Å². The van der Waals surface area contributed by atoms with E-state index < -0.39 is 17.6 Å². The highest BCUT2D eigenvalue weighted by Crippen LogP contribution is 2.30. The van der Waals surface area contributed by atoms with E-state index in [1.54, 1.807) is 6.08 Å². The van der Waals surface area contributed by atoms with E-state index in [1.165, 1.54) is 42.5 Å². The molecule has 0 unspecified atom stereocenters. The largest absolute Gasteiger partial charge is 0.416 e. The van der Waals surface area contributed by atoms with Gasteiger partial charge >= 0.3 is 6.18 Å². The first-order valence-electron chi connectivity index (χ1n) is 8.94. The first-order chi connectivity index (χ1) is 14.3. The zero-order chi connectivity index (χ0) is 21.6. The maximum atomic E-state index is 12.8. The number of carbonyl (C=O) groups excluding carboxylic acids is 2. The Morgan fingerprint density at radius 1 is 0.767 bits per heavy atom. The van der Waals surface area contributed by atoms with Crippen molar-refractivity contribution in [2.45, 2.75) is 6.18 Å². The third kappa shape index (κ3) is 5.81. The second-order valence-electron chi connectivity index (χ2n) is 6.34. The number of nitrogens with one attached hydrogen (secondary N) is 2. The van der Waals surface area contributed by atoms with Gasteiger partial charge in [-0.3, -0.25) is 9.59 Å². The molecule has 0 atom stereocenters. The molecule has 0 aliphatic rings. The summed E-state index contributed by atoms with van der Waals surface area (Å²) in [5.41, 5.74) is 0.799. The van der Waals surface area contributed by atoms with Crippen molar-refractivity contribution in [2.24, 2.45) is 0 Å². The molecule has 30 heavy (non-hydrogen) atoms. The fraction of sp³-hybridized carbons (Fsp3) is 0.0435. The van der Waals surface area contributed by atoms with Gasteiger partial charge in [0.05, 0.1) is 5.56 Å². The zero-order valence-electron chi connectivity index (χ0n) is 15.6. The molecule has 0 heterocycles. The number of alkyl halides is 3. The number of halogens is 3. The summed E-state index contributed by atoms with van der Waals surface area (Å²) in [7, 11) is 0. The summed E-state index contributed by atoms with van der Waals surface area (Å²) in [6.07, 6.45) is -1.43. The maximum Gasteiger partial charge on any atom is 0.416 e. The number of hydrogen-bond donors (Lipinski definition) is 2. The number of anilines is 2. The summed E-state index contributed by atoms with van der Waals surface area (Å²) in [6.45, 7) is 0. The normalized spacial score (nSPS) is 11.3. The van der Waals surface area contributed by atoms with Gasteiger partial charge in [-0.2, -0.15) is 13.2 Å². The van der Waals surface area contributed by atoms with Gasteiger partial charge in [0.1, 0.15) is 0 Å². The van der Waals surface area contributed by atoms with Gasteiger partial charge in [-0.1, -0.05) is 36.4 Å². The minimum atomic E-state index is -4.49. The molecule has 3 aromatic rings. The van der Waals surface area contributed by atoms with Crippen molar-refractivity contribution in [3.05, 3.63) is 102 Å². The van der Waals surface area contributed by atoms with Crippen LogP contribution in [0.4, 0.5) is 24.5 Å². The van der Waals surface area contributed by atoms with E-state index >= 15 is 0 Å². The highest BCUT2D eigenvalue weighted by atomic mass is 19.4. The summed E-state index contributed by atoms with van der Waals surface area (Å²) >= 11 is 0. The molecule has 3 aromatic carbocycles. The minimum absolute atomic E-state index is 0.0400. The second kappa shape index (κ2) is 9.09. The van der Waals surface area contributed by atoms with Crippen LogP contribution in [-0.2, 0) is 11.0 Å². The third-order valence-electron chi connectivity index (χ3n) is 4.09. The topological polar surface area (TPSA) is 58.2 Å². The summed E-state index contributed by atoms with van der Waals surface area (Å²) in [5.74, 6) is -0.892. The van der Waals surface area contributed by atoms with Crippen LogP contribution < -0.4 is 10.6 Å². The van der Waals surface area contributed by atoms with Crippen LogP contribution >= 0.6 is 0 Å². The van der Waals surface area contributed by atoms with Crippen LogP contribution in [-0.4, -0.2) is 11.8 Å². The third-order valence-corrected chi connectivity index (χ3v) is 4.09. The van der Waals surface area contributed by atoms with Crippen molar-refractivity contribution in [3.8, 4) is 0 Å². The smallest absolute Gasteiger partial charge is 0.323 e. The van der Waals surface area contributed by atoms with Crippen LogP contribution in [0.2, 0.25) is 0 Å². The molecule has 0 saturated carbocycles. The lowest BCUT2D eigenvalue weighted by atomic mass is 10.1. The molecule has 4 nitrogen and oxygen atoms in total. The molecule has 3 rings (SSSR count). The number of amides is 2. The van der Waals surface area contributed by atoms with Gasteiger partial charge in [-0.15, -0.1) is 0 Å². The number of hydrogen-bond acceptors (Lipinski definition) is 2. The van der Waals surface area contributed by atoms with Crippen LogP contribution in [0.15, 0.2) is 84.9 Å². The Hall–Kier alpha value is -3.87. The Morgan fingerprint density at radius 2 is 1.47 bits per heavy atom. The van der Waals surface area contributed by atoms with Crippen molar-refractivity contribution >= 4 is 29.3 Å². The van der Waals surface area contributed by atoms with Crippen molar-refractivity contribution in [2.75, 3.05) is 10.6 Å². The lowest BCUT2D eigenvalue weighted by Gasteiger charge is -2.10. The molecule has 0 spiro atoms. The summed E-state index contributed by atoms with van der Waals surface area (Å²) in [6, 6.07) is 19.7. The lowest BCUT2D eigenvalue weighted by Crippen LogP contribution is -2.13. The Balaban J connectivity index is 1.60. The molecule has 0 aliphatic heterocycles. The standard InChI is InChI=1S/C23H17F3N2O2/c24-23(25,26)18-7-4-8-20(15-18)28-22(30)17-10-12-19(13-11-17)27-21(29)14-9-16-5-2-1-3-6-16/h1-15H,(H,27,29)(H,28,30)/b14-9-. The summed E-state index contributed by atoms with van der Waals surface area (Å²) < 4.78 is 38.3. The molecule has 0 aromatic heterocycles. The zero-order valence-corrected chi connectivity index (χ0v) is 15.6.